The summed E-state index contributed by atoms with van der Waals surface area (Å²) in [5.74, 6) is 0.0451. The quantitative estimate of drug-likeness (QED) is 0.408. The molecule has 0 saturated carbocycles. The molecule has 30 heavy (non-hydrogen) atoms. The van der Waals surface area contributed by atoms with Gasteiger partial charge in [0.2, 0.25) is 0 Å². The van der Waals surface area contributed by atoms with Gasteiger partial charge in [-0.05, 0) is 60.3 Å². The van der Waals surface area contributed by atoms with Crippen molar-refractivity contribution in [3.05, 3.63) is 93.4 Å². The van der Waals surface area contributed by atoms with Crippen LogP contribution in [0.25, 0.3) is 10.6 Å². The molecular weight excluding hydrogens is 419 g/mol. The van der Waals surface area contributed by atoms with Crippen molar-refractivity contribution < 1.29 is 13.9 Å². The van der Waals surface area contributed by atoms with Gasteiger partial charge in [0, 0.05) is 21.5 Å². The molecule has 0 saturated heterocycles. The minimum atomic E-state index is -0.350. The van der Waals surface area contributed by atoms with Gasteiger partial charge in [0.1, 0.15) is 16.6 Å². The molecule has 0 spiro atoms. The third-order valence-corrected chi connectivity index (χ3v) is 6.37. The number of hydrogen-bond donors (Lipinski definition) is 1. The van der Waals surface area contributed by atoms with E-state index in [1.165, 1.54) is 23.5 Å². The number of carbonyl (C=O) groups is 1. The highest BCUT2D eigenvalue weighted by Crippen LogP contribution is 2.27. The van der Waals surface area contributed by atoms with E-state index in [4.69, 9.17) is 4.74 Å². The minimum absolute atomic E-state index is 0.112. The van der Waals surface area contributed by atoms with Crippen molar-refractivity contribution in [3.63, 3.8) is 0 Å². The van der Waals surface area contributed by atoms with E-state index < -0.39 is 0 Å². The summed E-state index contributed by atoms with van der Waals surface area (Å²) in [4.78, 5) is 18.0. The number of amides is 1. The Kier molecular flexibility index (Phi) is 6.21. The molecule has 1 amide bonds. The summed E-state index contributed by atoms with van der Waals surface area (Å²) >= 11 is 3.13. The van der Waals surface area contributed by atoms with Crippen molar-refractivity contribution in [2.24, 2.45) is 0 Å². The highest BCUT2D eigenvalue weighted by atomic mass is 32.1. The summed E-state index contributed by atoms with van der Waals surface area (Å²) in [5, 5.41) is 7.89. The van der Waals surface area contributed by atoms with Crippen LogP contribution >= 0.6 is 22.7 Å². The monoisotopic (exact) mass is 438 g/mol. The Morgan fingerprint density at radius 3 is 2.50 bits per heavy atom. The van der Waals surface area contributed by atoms with Crippen molar-refractivity contribution >= 4 is 28.6 Å². The first kappa shape index (κ1) is 20.3. The van der Waals surface area contributed by atoms with Crippen LogP contribution in [0.5, 0.6) is 5.75 Å². The van der Waals surface area contributed by atoms with E-state index in [2.05, 4.69) is 10.3 Å². The first-order valence-electron chi connectivity index (χ1n) is 9.32. The van der Waals surface area contributed by atoms with Gasteiger partial charge in [0.25, 0.3) is 5.91 Å². The largest absolute Gasteiger partial charge is 0.484 e. The average molecular weight is 439 g/mol. The average Bonchev–Trinajstić information content (AvgIpc) is 3.44. The Balaban J connectivity index is 1.39. The van der Waals surface area contributed by atoms with Crippen molar-refractivity contribution in [1.29, 1.82) is 0 Å². The summed E-state index contributed by atoms with van der Waals surface area (Å²) in [7, 11) is 0. The number of benzene rings is 2. The lowest BCUT2D eigenvalue weighted by molar-refractivity contribution is -0.123. The molecule has 0 unspecified atom stereocenters. The van der Waals surface area contributed by atoms with E-state index in [1.54, 1.807) is 23.5 Å². The molecule has 0 aliphatic carbocycles. The zero-order valence-corrected chi connectivity index (χ0v) is 17.8. The molecule has 4 rings (SSSR count). The lowest BCUT2D eigenvalue weighted by Gasteiger charge is -2.18. The normalized spacial score (nSPS) is 11.8. The maximum atomic E-state index is 13.3. The molecule has 7 heteroatoms. The highest BCUT2D eigenvalue weighted by molar-refractivity contribution is 7.13. The molecule has 0 radical (unpaired) electrons. The van der Waals surface area contributed by atoms with Gasteiger partial charge in [0.15, 0.2) is 6.61 Å². The molecule has 1 atom stereocenters. The number of thiazole rings is 1. The fraction of sp³-hybridized carbons (Fsp3) is 0.130. The Bertz CT molecular complexity index is 1110. The van der Waals surface area contributed by atoms with Crippen LogP contribution in [0.2, 0.25) is 0 Å². The summed E-state index contributed by atoms with van der Waals surface area (Å²) < 4.78 is 18.9. The number of nitrogens with one attached hydrogen (secondary N) is 1. The Morgan fingerprint density at radius 1 is 1.10 bits per heavy atom. The van der Waals surface area contributed by atoms with Gasteiger partial charge >= 0.3 is 0 Å². The van der Waals surface area contributed by atoms with Gasteiger partial charge in [-0.1, -0.05) is 18.2 Å². The minimum Gasteiger partial charge on any atom is -0.484 e. The third-order valence-electron chi connectivity index (χ3n) is 4.43. The predicted molar refractivity (Wildman–Crippen MR) is 118 cm³/mol. The summed E-state index contributed by atoms with van der Waals surface area (Å²) in [6.07, 6.45) is 0. The number of thiophene rings is 1. The van der Waals surface area contributed by atoms with E-state index in [0.29, 0.717) is 5.75 Å². The Labute approximate surface area is 182 Å². The number of hydrogen-bond acceptors (Lipinski definition) is 5. The number of halogens is 1. The second-order valence-corrected chi connectivity index (χ2v) is 8.51. The van der Waals surface area contributed by atoms with Crippen LogP contribution < -0.4 is 10.1 Å². The van der Waals surface area contributed by atoms with Crippen molar-refractivity contribution in [3.8, 4) is 16.3 Å². The van der Waals surface area contributed by atoms with Crippen LogP contribution in [0.15, 0.2) is 71.4 Å². The second-order valence-electron chi connectivity index (χ2n) is 6.67. The van der Waals surface area contributed by atoms with Gasteiger partial charge < -0.3 is 10.1 Å². The standard InChI is InChI=1S/C23H19FN2O2S2/c1-15-14-30-23(25-15)17-6-10-19(11-7-17)28-13-21(27)26-22(20-3-2-12-29-20)16-4-8-18(24)9-5-16/h2-12,14,22H,13H2,1H3,(H,26,27)/t22-/m1/s1. The number of aromatic nitrogens is 1. The lowest BCUT2D eigenvalue weighted by Crippen LogP contribution is -2.32. The van der Waals surface area contributed by atoms with E-state index >= 15 is 0 Å². The number of carbonyl (C=O) groups excluding carboxylic acids is 1. The zero-order chi connectivity index (χ0) is 20.9. The second kappa shape index (κ2) is 9.19. The van der Waals surface area contributed by atoms with Crippen LogP contribution in [0.1, 0.15) is 22.2 Å². The van der Waals surface area contributed by atoms with Crippen LogP contribution in [-0.2, 0) is 4.79 Å². The molecule has 2 heterocycles. The Hall–Kier alpha value is -3.03. The van der Waals surface area contributed by atoms with Crippen LogP contribution in [0.3, 0.4) is 0 Å². The first-order chi connectivity index (χ1) is 14.6. The van der Waals surface area contributed by atoms with Crippen molar-refractivity contribution in [1.82, 2.24) is 10.3 Å². The van der Waals surface area contributed by atoms with Crippen LogP contribution in [-0.4, -0.2) is 17.5 Å². The number of aryl methyl sites for hydroxylation is 1. The smallest absolute Gasteiger partial charge is 0.258 e. The molecule has 1 N–H and O–H groups in total. The highest BCUT2D eigenvalue weighted by Gasteiger charge is 2.18. The number of rotatable bonds is 7. The van der Waals surface area contributed by atoms with Gasteiger partial charge in [-0.25, -0.2) is 9.37 Å². The molecular formula is C23H19FN2O2S2. The van der Waals surface area contributed by atoms with Crippen molar-refractivity contribution in [2.45, 2.75) is 13.0 Å². The number of nitrogens with zero attached hydrogens (tertiary/aromatic N) is 1. The summed E-state index contributed by atoms with van der Waals surface area (Å²) in [6, 6.07) is 17.2. The number of ether oxygens (including phenoxy) is 1. The molecule has 0 aliphatic heterocycles. The fourth-order valence-electron chi connectivity index (χ4n) is 2.96. The van der Waals surface area contributed by atoms with E-state index in [1.807, 2.05) is 54.1 Å². The molecule has 0 bridgehead atoms. The fourth-order valence-corrected chi connectivity index (χ4v) is 4.57. The first-order valence-corrected chi connectivity index (χ1v) is 11.1. The zero-order valence-electron chi connectivity index (χ0n) is 16.2. The van der Waals surface area contributed by atoms with Crippen LogP contribution in [0, 0.1) is 12.7 Å². The van der Waals surface area contributed by atoms with Gasteiger partial charge in [-0.2, -0.15) is 0 Å². The topological polar surface area (TPSA) is 51.2 Å². The van der Waals surface area contributed by atoms with E-state index in [-0.39, 0.29) is 24.4 Å². The molecule has 4 nitrogen and oxygen atoms in total. The van der Waals surface area contributed by atoms with Gasteiger partial charge in [-0.3, -0.25) is 4.79 Å². The van der Waals surface area contributed by atoms with Crippen LogP contribution in [0.4, 0.5) is 4.39 Å². The van der Waals surface area contributed by atoms with E-state index in [9.17, 15) is 9.18 Å². The van der Waals surface area contributed by atoms with Crippen molar-refractivity contribution in [2.75, 3.05) is 6.61 Å². The molecule has 4 aromatic rings. The molecule has 2 aromatic heterocycles. The maximum Gasteiger partial charge on any atom is 0.258 e. The van der Waals surface area contributed by atoms with Gasteiger partial charge in [-0.15, -0.1) is 22.7 Å². The lowest BCUT2D eigenvalue weighted by atomic mass is 10.1. The molecule has 2 aromatic carbocycles. The summed E-state index contributed by atoms with van der Waals surface area (Å²) in [6.45, 7) is 1.85. The van der Waals surface area contributed by atoms with E-state index in [0.717, 1.165) is 26.7 Å². The molecule has 0 aliphatic rings. The molecule has 152 valence electrons. The third kappa shape index (κ3) is 4.93. The Morgan fingerprint density at radius 2 is 1.87 bits per heavy atom. The van der Waals surface area contributed by atoms with Gasteiger partial charge in [0.05, 0.1) is 6.04 Å². The summed E-state index contributed by atoms with van der Waals surface area (Å²) in [5.41, 5.74) is 2.82. The molecule has 0 fully saturated rings. The predicted octanol–water partition coefficient (Wildman–Crippen LogP) is 5.60. The maximum absolute atomic E-state index is 13.3. The SMILES string of the molecule is Cc1csc(-c2ccc(OCC(=O)N[C@H](c3ccc(F)cc3)c3cccs3)cc2)n1.